The molecule has 0 aliphatic heterocycles. The molecule has 150 valence electrons. The first-order valence-corrected chi connectivity index (χ1v) is 9.82. The predicted molar refractivity (Wildman–Crippen MR) is 114 cm³/mol. The number of rotatable bonds is 6. The number of fused-ring (bicyclic) bond motifs is 1. The van der Waals surface area contributed by atoms with Crippen LogP contribution in [0.2, 0.25) is 0 Å². The van der Waals surface area contributed by atoms with Crippen molar-refractivity contribution < 1.29 is 19.1 Å². The van der Waals surface area contributed by atoms with E-state index in [0.29, 0.717) is 24.2 Å². The van der Waals surface area contributed by atoms with E-state index in [2.05, 4.69) is 0 Å². The normalized spacial score (nSPS) is 11.3. The minimum atomic E-state index is -0.452. The van der Waals surface area contributed by atoms with E-state index >= 15 is 0 Å². The van der Waals surface area contributed by atoms with Gasteiger partial charge in [0.05, 0.1) is 5.56 Å². The Labute approximate surface area is 171 Å². The van der Waals surface area contributed by atoms with Crippen LogP contribution in [0.5, 0.6) is 5.75 Å². The van der Waals surface area contributed by atoms with Crippen molar-refractivity contribution >= 4 is 22.7 Å². The van der Waals surface area contributed by atoms with Crippen molar-refractivity contribution in [2.24, 2.45) is 0 Å². The van der Waals surface area contributed by atoms with E-state index in [4.69, 9.17) is 9.47 Å². The van der Waals surface area contributed by atoms with Crippen LogP contribution in [-0.2, 0) is 16.0 Å². The molecule has 0 N–H and O–H groups in total. The maximum atomic E-state index is 12.6. The molecule has 0 saturated carbocycles. The highest BCUT2D eigenvalue weighted by atomic mass is 16.6. The van der Waals surface area contributed by atoms with Gasteiger partial charge < -0.3 is 9.47 Å². The van der Waals surface area contributed by atoms with Gasteiger partial charge in [0.1, 0.15) is 11.4 Å². The molecule has 0 aromatic heterocycles. The highest BCUT2D eigenvalue weighted by Gasteiger charge is 2.16. The average molecular weight is 390 g/mol. The van der Waals surface area contributed by atoms with E-state index in [1.165, 1.54) is 0 Å². The fraction of sp³-hybridized carbons (Fsp3) is 0.280. The molecule has 0 amide bonds. The minimum absolute atomic E-state index is 0.182. The molecule has 4 heteroatoms. The standard InChI is InChI=1S/C25H26O4/c1-25(2,3)29-23(26)13-6-8-18-14-16-20(17-15-18)28-24(27)22-12-7-10-19-9-4-5-11-21(19)22/h4-5,7,9-12,14-17H,6,8,13H2,1-3H3. The zero-order valence-corrected chi connectivity index (χ0v) is 17.1. The zero-order valence-electron chi connectivity index (χ0n) is 17.1. The van der Waals surface area contributed by atoms with Crippen LogP contribution in [0.3, 0.4) is 0 Å². The Hall–Kier alpha value is -3.14. The third-order valence-corrected chi connectivity index (χ3v) is 4.41. The van der Waals surface area contributed by atoms with Crippen molar-refractivity contribution in [2.75, 3.05) is 0 Å². The largest absolute Gasteiger partial charge is 0.460 e. The van der Waals surface area contributed by atoms with Crippen LogP contribution in [0.4, 0.5) is 0 Å². The number of hydrogen-bond donors (Lipinski definition) is 0. The number of ether oxygens (including phenoxy) is 2. The smallest absolute Gasteiger partial charge is 0.344 e. The third-order valence-electron chi connectivity index (χ3n) is 4.41. The molecule has 29 heavy (non-hydrogen) atoms. The predicted octanol–water partition coefficient (Wildman–Crippen LogP) is 5.72. The maximum Gasteiger partial charge on any atom is 0.344 e. The Bertz CT molecular complexity index is 992. The molecule has 3 aromatic rings. The SMILES string of the molecule is CC(C)(C)OC(=O)CCCc1ccc(OC(=O)c2cccc3ccccc23)cc1. The van der Waals surface area contributed by atoms with Gasteiger partial charge in [-0.15, -0.1) is 0 Å². The Kier molecular flexibility index (Phi) is 6.32. The average Bonchev–Trinajstić information content (AvgIpc) is 2.67. The summed E-state index contributed by atoms with van der Waals surface area (Å²) in [6.45, 7) is 5.59. The third kappa shape index (κ3) is 5.92. The van der Waals surface area contributed by atoms with Gasteiger partial charge in [-0.1, -0.05) is 48.5 Å². The van der Waals surface area contributed by atoms with Gasteiger partial charge >= 0.3 is 11.9 Å². The summed E-state index contributed by atoms with van der Waals surface area (Å²) in [5.74, 6) is -0.0589. The second-order valence-electron chi connectivity index (χ2n) is 8.00. The van der Waals surface area contributed by atoms with E-state index in [9.17, 15) is 9.59 Å². The molecule has 3 aromatic carbocycles. The Morgan fingerprint density at radius 2 is 1.55 bits per heavy atom. The van der Waals surface area contributed by atoms with Crippen LogP contribution in [0.15, 0.2) is 66.7 Å². The lowest BCUT2D eigenvalue weighted by Gasteiger charge is -2.19. The van der Waals surface area contributed by atoms with E-state index in [1.54, 1.807) is 18.2 Å². The highest BCUT2D eigenvalue weighted by molar-refractivity contribution is 6.05. The van der Waals surface area contributed by atoms with Crippen LogP contribution in [0.1, 0.15) is 49.5 Å². The molecule has 0 saturated heterocycles. The number of esters is 2. The Morgan fingerprint density at radius 1 is 0.862 bits per heavy atom. The molecule has 0 spiro atoms. The fourth-order valence-corrected chi connectivity index (χ4v) is 3.12. The minimum Gasteiger partial charge on any atom is -0.460 e. The first-order valence-electron chi connectivity index (χ1n) is 9.82. The lowest BCUT2D eigenvalue weighted by Crippen LogP contribution is -2.23. The van der Waals surface area contributed by atoms with Gasteiger partial charge in [0.15, 0.2) is 0 Å². The van der Waals surface area contributed by atoms with Gasteiger partial charge in [-0.3, -0.25) is 4.79 Å². The first kappa shape index (κ1) is 20.6. The second-order valence-corrected chi connectivity index (χ2v) is 8.00. The molecular formula is C25H26O4. The number of hydrogen-bond acceptors (Lipinski definition) is 4. The molecule has 0 bridgehead atoms. The molecule has 4 nitrogen and oxygen atoms in total. The number of aryl methyl sites for hydroxylation is 1. The van der Waals surface area contributed by atoms with Gasteiger partial charge in [-0.25, -0.2) is 4.79 Å². The molecule has 0 unspecified atom stereocenters. The number of carbonyl (C=O) groups is 2. The molecule has 0 aliphatic rings. The van der Waals surface area contributed by atoms with E-state index < -0.39 is 5.60 Å². The van der Waals surface area contributed by atoms with Crippen LogP contribution in [-0.4, -0.2) is 17.5 Å². The summed E-state index contributed by atoms with van der Waals surface area (Å²) < 4.78 is 10.9. The van der Waals surface area contributed by atoms with Crippen molar-refractivity contribution in [2.45, 2.75) is 45.6 Å². The Balaban J connectivity index is 1.56. The highest BCUT2D eigenvalue weighted by Crippen LogP contribution is 2.21. The molecule has 0 radical (unpaired) electrons. The summed E-state index contributed by atoms with van der Waals surface area (Å²) >= 11 is 0. The number of benzene rings is 3. The van der Waals surface area contributed by atoms with Crippen molar-refractivity contribution in [3.63, 3.8) is 0 Å². The van der Waals surface area contributed by atoms with Crippen LogP contribution < -0.4 is 4.74 Å². The lowest BCUT2D eigenvalue weighted by atomic mass is 10.0. The zero-order chi connectivity index (χ0) is 20.9. The van der Waals surface area contributed by atoms with E-state index in [0.717, 1.165) is 22.8 Å². The van der Waals surface area contributed by atoms with Gasteiger partial charge in [-0.2, -0.15) is 0 Å². The fourth-order valence-electron chi connectivity index (χ4n) is 3.12. The summed E-state index contributed by atoms with van der Waals surface area (Å²) in [5, 5.41) is 1.88. The van der Waals surface area contributed by atoms with Crippen molar-refractivity contribution in [1.82, 2.24) is 0 Å². The van der Waals surface area contributed by atoms with Crippen LogP contribution >= 0.6 is 0 Å². The van der Waals surface area contributed by atoms with E-state index in [1.807, 2.05) is 69.3 Å². The van der Waals surface area contributed by atoms with Gasteiger partial charge in [0.25, 0.3) is 0 Å². The summed E-state index contributed by atoms with van der Waals surface area (Å²) in [5.41, 5.74) is 1.18. The molecule has 0 aliphatic carbocycles. The van der Waals surface area contributed by atoms with E-state index in [-0.39, 0.29) is 11.9 Å². The number of carbonyl (C=O) groups excluding carboxylic acids is 2. The second kappa shape index (κ2) is 8.91. The molecule has 0 fully saturated rings. The quantitative estimate of drug-likeness (QED) is 0.399. The summed E-state index contributed by atoms with van der Waals surface area (Å²) in [6, 6.07) is 20.7. The van der Waals surface area contributed by atoms with Crippen molar-refractivity contribution in [3.8, 4) is 5.75 Å². The lowest BCUT2D eigenvalue weighted by molar-refractivity contribution is -0.154. The summed E-state index contributed by atoms with van der Waals surface area (Å²) in [7, 11) is 0. The molecule has 3 rings (SSSR count). The van der Waals surface area contributed by atoms with Crippen LogP contribution in [0, 0.1) is 0 Å². The first-order chi connectivity index (χ1) is 13.8. The van der Waals surface area contributed by atoms with Crippen LogP contribution in [0.25, 0.3) is 10.8 Å². The molecule has 0 atom stereocenters. The van der Waals surface area contributed by atoms with Gasteiger partial charge in [-0.05, 0) is 68.1 Å². The topological polar surface area (TPSA) is 52.6 Å². The Morgan fingerprint density at radius 3 is 2.28 bits per heavy atom. The summed E-state index contributed by atoms with van der Waals surface area (Å²) in [4.78, 5) is 24.4. The summed E-state index contributed by atoms with van der Waals surface area (Å²) in [6.07, 6.45) is 1.86. The van der Waals surface area contributed by atoms with Gasteiger partial charge in [0, 0.05) is 6.42 Å². The van der Waals surface area contributed by atoms with Crippen molar-refractivity contribution in [3.05, 3.63) is 77.9 Å². The molecule has 0 heterocycles. The molecular weight excluding hydrogens is 364 g/mol. The maximum absolute atomic E-state index is 12.6. The monoisotopic (exact) mass is 390 g/mol. The van der Waals surface area contributed by atoms with Gasteiger partial charge in [0.2, 0.25) is 0 Å². The van der Waals surface area contributed by atoms with Crippen molar-refractivity contribution in [1.29, 1.82) is 0 Å².